The molecule has 0 saturated carbocycles. The molecule has 0 spiro atoms. The highest BCUT2D eigenvalue weighted by molar-refractivity contribution is 7.89. The molecule has 8 heteroatoms. The quantitative estimate of drug-likeness (QED) is 0.680. The first kappa shape index (κ1) is 20.5. The molecule has 30 heavy (non-hydrogen) atoms. The first-order valence-electron chi connectivity index (χ1n) is 9.85. The number of nitrogens with one attached hydrogen (secondary N) is 1. The van der Waals surface area contributed by atoms with E-state index in [9.17, 15) is 13.2 Å². The Bertz CT molecular complexity index is 1170. The Balaban J connectivity index is 1.49. The van der Waals surface area contributed by atoms with Gasteiger partial charge in [-0.25, -0.2) is 8.42 Å². The standard InChI is InChI=1S/C22H24N4O3S/c1-25-11-13-26(14-12-25)30(28,29)20-9-3-8-19(16-20)24-21(27)15-18-6-2-5-17-7-4-10-23-22(17)18/h2-10,16H,11-15H2,1H3,(H,24,27). The zero-order chi connectivity index (χ0) is 21.1. The highest BCUT2D eigenvalue weighted by atomic mass is 32.2. The predicted octanol–water partition coefficient (Wildman–Crippen LogP) is 2.35. The van der Waals surface area contributed by atoms with E-state index in [0.717, 1.165) is 16.5 Å². The first-order chi connectivity index (χ1) is 14.4. The Morgan fingerprint density at radius 2 is 1.77 bits per heavy atom. The molecule has 4 rings (SSSR count). The van der Waals surface area contributed by atoms with Crippen LogP contribution in [0.2, 0.25) is 0 Å². The van der Waals surface area contributed by atoms with Gasteiger partial charge in [0.2, 0.25) is 15.9 Å². The van der Waals surface area contributed by atoms with Gasteiger partial charge in [0, 0.05) is 43.4 Å². The van der Waals surface area contributed by atoms with Gasteiger partial charge in [0.15, 0.2) is 0 Å². The number of fused-ring (bicyclic) bond motifs is 1. The normalized spacial score (nSPS) is 15.9. The van der Waals surface area contributed by atoms with Crippen LogP contribution in [-0.2, 0) is 21.2 Å². The van der Waals surface area contributed by atoms with E-state index in [2.05, 4.69) is 15.2 Å². The van der Waals surface area contributed by atoms with Gasteiger partial charge in [0.05, 0.1) is 16.8 Å². The topological polar surface area (TPSA) is 82.6 Å². The summed E-state index contributed by atoms with van der Waals surface area (Å²) in [5.41, 5.74) is 2.08. The van der Waals surface area contributed by atoms with Crippen molar-refractivity contribution >= 4 is 32.5 Å². The van der Waals surface area contributed by atoms with Gasteiger partial charge in [0.25, 0.3) is 0 Å². The zero-order valence-electron chi connectivity index (χ0n) is 16.8. The Kier molecular flexibility index (Phi) is 5.80. The van der Waals surface area contributed by atoms with Gasteiger partial charge < -0.3 is 10.2 Å². The number of para-hydroxylation sites is 1. The monoisotopic (exact) mass is 424 g/mol. The molecule has 2 heterocycles. The van der Waals surface area contributed by atoms with Crippen molar-refractivity contribution in [1.29, 1.82) is 0 Å². The second-order valence-corrected chi connectivity index (χ2v) is 9.39. The van der Waals surface area contributed by atoms with E-state index in [4.69, 9.17) is 0 Å². The number of nitrogens with zero attached hydrogens (tertiary/aromatic N) is 3. The van der Waals surface area contributed by atoms with Crippen molar-refractivity contribution in [1.82, 2.24) is 14.2 Å². The number of sulfonamides is 1. The molecule has 3 aromatic rings. The Labute approximate surface area is 176 Å². The maximum absolute atomic E-state index is 13.0. The summed E-state index contributed by atoms with van der Waals surface area (Å²) in [4.78, 5) is 19.3. The van der Waals surface area contributed by atoms with E-state index in [1.165, 1.54) is 10.4 Å². The molecule has 0 bridgehead atoms. The van der Waals surface area contributed by atoms with Gasteiger partial charge in [-0.05, 0) is 36.9 Å². The number of likely N-dealkylation sites (N-methyl/N-ethyl adjacent to an activating group) is 1. The predicted molar refractivity (Wildman–Crippen MR) is 117 cm³/mol. The Morgan fingerprint density at radius 1 is 1.03 bits per heavy atom. The minimum absolute atomic E-state index is 0.157. The molecule has 1 fully saturated rings. The van der Waals surface area contributed by atoms with Crippen molar-refractivity contribution < 1.29 is 13.2 Å². The lowest BCUT2D eigenvalue weighted by Crippen LogP contribution is -2.47. The summed E-state index contributed by atoms with van der Waals surface area (Å²) in [5, 5.41) is 3.79. The van der Waals surface area contributed by atoms with Crippen molar-refractivity contribution in [3.8, 4) is 0 Å². The van der Waals surface area contributed by atoms with Crippen LogP contribution in [0.3, 0.4) is 0 Å². The van der Waals surface area contributed by atoms with E-state index in [-0.39, 0.29) is 17.2 Å². The molecular weight excluding hydrogens is 400 g/mol. The molecule has 156 valence electrons. The summed E-state index contributed by atoms with van der Waals surface area (Å²) in [5.74, 6) is -0.220. The van der Waals surface area contributed by atoms with Gasteiger partial charge in [-0.2, -0.15) is 4.31 Å². The highest BCUT2D eigenvalue weighted by Crippen LogP contribution is 2.22. The van der Waals surface area contributed by atoms with Gasteiger partial charge >= 0.3 is 0 Å². The molecule has 1 saturated heterocycles. The fourth-order valence-corrected chi connectivity index (χ4v) is 5.07. The number of hydrogen-bond donors (Lipinski definition) is 1. The molecule has 0 aliphatic carbocycles. The van der Waals surface area contributed by atoms with Gasteiger partial charge in [0.1, 0.15) is 0 Å². The fourth-order valence-electron chi connectivity index (χ4n) is 3.60. The third kappa shape index (κ3) is 4.35. The maximum atomic E-state index is 13.0. The largest absolute Gasteiger partial charge is 0.326 e. The number of piperazine rings is 1. The van der Waals surface area contributed by atoms with E-state index in [0.29, 0.717) is 31.9 Å². The number of carbonyl (C=O) groups is 1. The average molecular weight is 425 g/mol. The smallest absolute Gasteiger partial charge is 0.243 e. The van der Waals surface area contributed by atoms with Crippen LogP contribution >= 0.6 is 0 Å². The molecule has 0 radical (unpaired) electrons. The van der Waals surface area contributed by atoms with Gasteiger partial charge in [-0.15, -0.1) is 0 Å². The van der Waals surface area contributed by atoms with Gasteiger partial charge in [-0.1, -0.05) is 30.3 Å². The van der Waals surface area contributed by atoms with E-state index >= 15 is 0 Å². The van der Waals surface area contributed by atoms with Crippen LogP contribution < -0.4 is 5.32 Å². The van der Waals surface area contributed by atoms with Crippen molar-refractivity contribution in [3.63, 3.8) is 0 Å². The number of rotatable bonds is 5. The van der Waals surface area contributed by atoms with Crippen molar-refractivity contribution in [2.24, 2.45) is 0 Å². The third-order valence-electron chi connectivity index (χ3n) is 5.29. The molecule has 1 N–H and O–H groups in total. The van der Waals surface area contributed by atoms with Crippen molar-refractivity contribution in [2.45, 2.75) is 11.3 Å². The lowest BCUT2D eigenvalue weighted by molar-refractivity contribution is -0.115. The molecule has 0 unspecified atom stereocenters. The van der Waals surface area contributed by atoms with Crippen LogP contribution in [0.25, 0.3) is 10.9 Å². The summed E-state index contributed by atoms with van der Waals surface area (Å²) in [6.07, 6.45) is 1.86. The molecule has 2 aromatic carbocycles. The van der Waals surface area contributed by atoms with E-state index in [1.54, 1.807) is 24.4 Å². The molecule has 1 aromatic heterocycles. The summed E-state index contributed by atoms with van der Waals surface area (Å²) in [6, 6.07) is 16.0. The number of anilines is 1. The van der Waals surface area contributed by atoms with Crippen molar-refractivity contribution in [2.75, 3.05) is 38.5 Å². The molecule has 0 atom stereocenters. The lowest BCUT2D eigenvalue weighted by Gasteiger charge is -2.31. The summed E-state index contributed by atoms with van der Waals surface area (Å²) >= 11 is 0. The van der Waals surface area contributed by atoms with Crippen molar-refractivity contribution in [3.05, 3.63) is 66.4 Å². The van der Waals surface area contributed by atoms with Crippen LogP contribution in [0.5, 0.6) is 0 Å². The number of hydrogen-bond acceptors (Lipinski definition) is 5. The van der Waals surface area contributed by atoms with E-state index < -0.39 is 10.0 Å². The van der Waals surface area contributed by atoms with Crippen LogP contribution in [-0.4, -0.2) is 61.7 Å². The zero-order valence-corrected chi connectivity index (χ0v) is 17.6. The number of pyridine rings is 1. The molecule has 7 nitrogen and oxygen atoms in total. The molecule has 1 aliphatic heterocycles. The summed E-state index contributed by atoms with van der Waals surface area (Å²) in [7, 11) is -1.61. The minimum atomic E-state index is -3.59. The molecular formula is C22H24N4O3S. The fraction of sp³-hybridized carbons (Fsp3) is 0.273. The van der Waals surface area contributed by atoms with E-state index in [1.807, 2.05) is 37.4 Å². The van der Waals surface area contributed by atoms with Crippen LogP contribution in [0, 0.1) is 0 Å². The second kappa shape index (κ2) is 8.51. The SMILES string of the molecule is CN1CCN(S(=O)(=O)c2cccc(NC(=O)Cc3cccc4cccnc34)c2)CC1. The number of benzene rings is 2. The minimum Gasteiger partial charge on any atom is -0.326 e. The number of carbonyl (C=O) groups excluding carboxylic acids is 1. The van der Waals surface area contributed by atoms with Crippen LogP contribution in [0.15, 0.2) is 65.7 Å². The maximum Gasteiger partial charge on any atom is 0.243 e. The second-order valence-electron chi connectivity index (χ2n) is 7.45. The Morgan fingerprint density at radius 3 is 2.57 bits per heavy atom. The summed E-state index contributed by atoms with van der Waals surface area (Å²) < 4.78 is 27.4. The molecule has 1 aliphatic rings. The third-order valence-corrected chi connectivity index (χ3v) is 7.18. The molecule has 1 amide bonds. The van der Waals surface area contributed by atoms with Crippen LogP contribution in [0.4, 0.5) is 5.69 Å². The lowest BCUT2D eigenvalue weighted by atomic mass is 10.1. The van der Waals surface area contributed by atoms with Crippen LogP contribution in [0.1, 0.15) is 5.56 Å². The first-order valence-corrected chi connectivity index (χ1v) is 11.3. The highest BCUT2D eigenvalue weighted by Gasteiger charge is 2.27. The number of amides is 1. The van der Waals surface area contributed by atoms with Gasteiger partial charge in [-0.3, -0.25) is 9.78 Å². The number of aromatic nitrogens is 1. The Hall–Kier alpha value is -2.81. The average Bonchev–Trinajstić information content (AvgIpc) is 2.74. The summed E-state index contributed by atoms with van der Waals surface area (Å²) in [6.45, 7) is 2.33.